The molecule has 0 aliphatic carbocycles. The molecule has 0 radical (unpaired) electrons. The molecule has 0 amide bonds. The Morgan fingerprint density at radius 3 is 1.90 bits per heavy atom. The molecule has 1 atom stereocenters. The first-order valence-electron chi connectivity index (χ1n) is 6.19. The van der Waals surface area contributed by atoms with Crippen molar-refractivity contribution in [1.82, 2.24) is 0 Å². The summed E-state index contributed by atoms with van der Waals surface area (Å²) in [7, 11) is 0. The van der Waals surface area contributed by atoms with Crippen LogP contribution >= 0.6 is 0 Å². The fraction of sp³-hybridized carbons (Fsp3) is 0.118. The van der Waals surface area contributed by atoms with Crippen LogP contribution in [0.4, 0.5) is 0 Å². The van der Waals surface area contributed by atoms with Gasteiger partial charge in [-0.2, -0.15) is 0 Å². The highest BCUT2D eigenvalue weighted by atomic mass is 16.3. The van der Waals surface area contributed by atoms with Crippen molar-refractivity contribution in [1.29, 1.82) is 0 Å². The highest BCUT2D eigenvalue weighted by Crippen LogP contribution is 2.12. The Bertz CT molecular complexity index is 631. The van der Waals surface area contributed by atoms with Crippen molar-refractivity contribution in [3.05, 3.63) is 70.8 Å². The molecule has 3 heteroatoms. The highest BCUT2D eigenvalue weighted by molar-refractivity contribution is 5.74. The van der Waals surface area contributed by atoms with E-state index >= 15 is 0 Å². The lowest BCUT2D eigenvalue weighted by Crippen LogP contribution is -2.01. The number of carbonyl (C=O) groups is 1. The zero-order chi connectivity index (χ0) is 14.4. The summed E-state index contributed by atoms with van der Waals surface area (Å²) < 4.78 is 0. The average molecular weight is 266 g/mol. The van der Waals surface area contributed by atoms with Gasteiger partial charge < -0.3 is 10.2 Å². The first-order chi connectivity index (χ1) is 9.72. The van der Waals surface area contributed by atoms with E-state index in [0.29, 0.717) is 11.1 Å². The van der Waals surface area contributed by atoms with Crippen LogP contribution in [0.25, 0.3) is 0 Å². The van der Waals surface area contributed by atoms with E-state index in [4.69, 9.17) is 5.11 Å². The van der Waals surface area contributed by atoms with Gasteiger partial charge in [-0.25, -0.2) is 0 Å². The van der Waals surface area contributed by atoms with Crippen LogP contribution in [-0.2, 0) is 0 Å². The quantitative estimate of drug-likeness (QED) is 0.659. The minimum Gasteiger partial charge on any atom is -0.393 e. The molecule has 100 valence electrons. The van der Waals surface area contributed by atoms with E-state index in [1.54, 1.807) is 48.5 Å². The van der Waals surface area contributed by atoms with Gasteiger partial charge in [-0.15, -0.1) is 0 Å². The third-order valence-corrected chi connectivity index (χ3v) is 2.87. The highest BCUT2D eigenvalue weighted by Gasteiger charge is 2.04. The van der Waals surface area contributed by atoms with Gasteiger partial charge in [-0.05, 0) is 29.8 Å². The van der Waals surface area contributed by atoms with Gasteiger partial charge in [0.25, 0.3) is 0 Å². The molecule has 2 rings (SSSR count). The van der Waals surface area contributed by atoms with Crippen molar-refractivity contribution >= 4 is 6.29 Å². The van der Waals surface area contributed by atoms with Gasteiger partial charge in [0.1, 0.15) is 12.4 Å². The summed E-state index contributed by atoms with van der Waals surface area (Å²) >= 11 is 0. The van der Waals surface area contributed by atoms with Crippen LogP contribution in [0.2, 0.25) is 0 Å². The molecule has 0 aliphatic rings. The van der Waals surface area contributed by atoms with Gasteiger partial charge in [0.05, 0.1) is 6.61 Å². The van der Waals surface area contributed by atoms with Crippen molar-refractivity contribution in [2.24, 2.45) is 0 Å². The maximum Gasteiger partial charge on any atom is 0.150 e. The Morgan fingerprint density at radius 2 is 1.45 bits per heavy atom. The normalized spacial score (nSPS) is 11.3. The molecule has 2 aromatic carbocycles. The molecule has 0 heterocycles. The van der Waals surface area contributed by atoms with Gasteiger partial charge in [0.2, 0.25) is 0 Å². The lowest BCUT2D eigenvalue weighted by atomic mass is 10.1. The summed E-state index contributed by atoms with van der Waals surface area (Å²) in [6.07, 6.45) is -0.0598. The summed E-state index contributed by atoms with van der Waals surface area (Å²) in [5.74, 6) is 6.00. The summed E-state index contributed by atoms with van der Waals surface area (Å²) in [5, 5.41) is 18.3. The van der Waals surface area contributed by atoms with Gasteiger partial charge in [-0.1, -0.05) is 36.1 Å². The molecule has 0 bridgehead atoms. The van der Waals surface area contributed by atoms with Crippen molar-refractivity contribution < 1.29 is 15.0 Å². The molecule has 0 aromatic heterocycles. The van der Waals surface area contributed by atoms with E-state index in [9.17, 15) is 9.90 Å². The number of carbonyl (C=O) groups excluding carboxylic acids is 1. The molecular weight excluding hydrogens is 252 g/mol. The number of aliphatic hydroxyl groups excluding tert-OH is 2. The van der Waals surface area contributed by atoms with E-state index in [1.807, 2.05) is 0 Å². The first-order valence-corrected chi connectivity index (χ1v) is 6.19. The van der Waals surface area contributed by atoms with Gasteiger partial charge in [-0.3, -0.25) is 4.79 Å². The summed E-state index contributed by atoms with van der Waals surface area (Å²) in [6, 6.07) is 14.1. The van der Waals surface area contributed by atoms with Gasteiger partial charge in [0, 0.05) is 16.7 Å². The average Bonchev–Trinajstić information content (AvgIpc) is 2.53. The second-order valence-electron chi connectivity index (χ2n) is 4.31. The number of aldehydes is 1. The van der Waals surface area contributed by atoms with Gasteiger partial charge in [0.15, 0.2) is 0 Å². The number of benzene rings is 2. The Kier molecular flexibility index (Phi) is 4.67. The molecule has 0 saturated carbocycles. The second-order valence-corrected chi connectivity index (χ2v) is 4.31. The second kappa shape index (κ2) is 6.67. The van der Waals surface area contributed by atoms with Crippen molar-refractivity contribution in [3.8, 4) is 11.8 Å². The van der Waals surface area contributed by atoms with Crippen molar-refractivity contribution in [2.75, 3.05) is 6.61 Å². The van der Waals surface area contributed by atoms with Crippen LogP contribution in [0.5, 0.6) is 0 Å². The topological polar surface area (TPSA) is 57.5 Å². The van der Waals surface area contributed by atoms with E-state index in [0.717, 1.165) is 17.4 Å². The van der Waals surface area contributed by atoms with Gasteiger partial charge >= 0.3 is 0 Å². The number of aliphatic hydroxyl groups is 2. The molecule has 0 saturated heterocycles. The Morgan fingerprint density at radius 1 is 0.950 bits per heavy atom. The Balaban J connectivity index is 2.13. The summed E-state index contributed by atoms with van der Waals surface area (Å²) in [4.78, 5) is 10.5. The van der Waals surface area contributed by atoms with Crippen LogP contribution in [-0.4, -0.2) is 23.1 Å². The van der Waals surface area contributed by atoms with Crippen LogP contribution in [0, 0.1) is 11.8 Å². The van der Waals surface area contributed by atoms with Crippen LogP contribution in [0.3, 0.4) is 0 Å². The zero-order valence-electron chi connectivity index (χ0n) is 10.8. The molecule has 0 unspecified atom stereocenters. The van der Waals surface area contributed by atoms with Crippen molar-refractivity contribution in [2.45, 2.75) is 6.10 Å². The molecule has 2 N–H and O–H groups in total. The van der Waals surface area contributed by atoms with E-state index < -0.39 is 6.10 Å². The number of hydrogen-bond acceptors (Lipinski definition) is 3. The minimum atomic E-state index is -0.854. The lowest BCUT2D eigenvalue weighted by Gasteiger charge is -2.06. The minimum absolute atomic E-state index is 0.298. The fourth-order valence-electron chi connectivity index (χ4n) is 1.68. The Hall–Kier alpha value is -2.41. The molecule has 0 aliphatic heterocycles. The molecule has 2 aromatic rings. The monoisotopic (exact) mass is 266 g/mol. The van der Waals surface area contributed by atoms with E-state index in [-0.39, 0.29) is 6.61 Å². The largest absolute Gasteiger partial charge is 0.393 e. The molecule has 20 heavy (non-hydrogen) atoms. The first kappa shape index (κ1) is 14.0. The maximum absolute atomic E-state index is 10.5. The lowest BCUT2D eigenvalue weighted by molar-refractivity contribution is 0.0956. The van der Waals surface area contributed by atoms with E-state index in [1.165, 1.54) is 0 Å². The fourth-order valence-corrected chi connectivity index (χ4v) is 1.68. The number of hydrogen-bond donors (Lipinski definition) is 2. The maximum atomic E-state index is 10.5. The SMILES string of the molecule is O=Cc1ccc(C#Cc2ccc([C@@H](O)CO)cc2)cc1. The summed E-state index contributed by atoms with van der Waals surface area (Å²) in [6.45, 7) is -0.298. The van der Waals surface area contributed by atoms with Crippen LogP contribution < -0.4 is 0 Å². The molecular formula is C17H14O3. The smallest absolute Gasteiger partial charge is 0.150 e. The predicted octanol–water partition coefficient (Wildman–Crippen LogP) is 1.92. The molecule has 3 nitrogen and oxygen atoms in total. The Labute approximate surface area is 117 Å². The predicted molar refractivity (Wildman–Crippen MR) is 76.3 cm³/mol. The van der Waals surface area contributed by atoms with E-state index in [2.05, 4.69) is 11.8 Å². The summed E-state index contributed by atoms with van der Waals surface area (Å²) in [5.41, 5.74) is 2.93. The van der Waals surface area contributed by atoms with Crippen molar-refractivity contribution in [3.63, 3.8) is 0 Å². The van der Waals surface area contributed by atoms with Crippen LogP contribution in [0.1, 0.15) is 33.2 Å². The zero-order valence-corrected chi connectivity index (χ0v) is 10.8. The number of rotatable bonds is 3. The molecule has 0 fully saturated rings. The van der Waals surface area contributed by atoms with Crippen LogP contribution in [0.15, 0.2) is 48.5 Å². The third-order valence-electron chi connectivity index (χ3n) is 2.87. The molecule has 0 spiro atoms. The standard InChI is InChI=1S/C17H14O3/c18-11-15-5-3-13(4-6-15)1-2-14-7-9-16(10-8-14)17(20)12-19/h3-11,17,19-20H,12H2/t17-/m0/s1. The third kappa shape index (κ3) is 3.55.